The Bertz CT molecular complexity index is 893. The van der Waals surface area contributed by atoms with E-state index in [0.717, 1.165) is 48.0 Å². The third-order valence-electron chi connectivity index (χ3n) is 5.19. The number of carbonyl (C=O) groups is 1. The van der Waals surface area contributed by atoms with E-state index >= 15 is 0 Å². The van der Waals surface area contributed by atoms with Gasteiger partial charge in [0.2, 0.25) is 0 Å². The summed E-state index contributed by atoms with van der Waals surface area (Å²) in [6, 6.07) is 16.3. The Morgan fingerprint density at radius 1 is 1.04 bits per heavy atom. The molecule has 4 rings (SSSR count). The highest BCUT2D eigenvalue weighted by Crippen LogP contribution is 2.34. The number of para-hydroxylation sites is 1. The number of rotatable bonds is 4. The first-order valence-corrected chi connectivity index (χ1v) is 8.85. The minimum atomic E-state index is -0.890. The van der Waals surface area contributed by atoms with Crippen LogP contribution >= 0.6 is 0 Å². The zero-order valence-corrected chi connectivity index (χ0v) is 14.1. The Morgan fingerprint density at radius 3 is 2.52 bits per heavy atom. The van der Waals surface area contributed by atoms with Crippen LogP contribution in [0.5, 0.6) is 0 Å². The Hall–Kier alpha value is -2.59. The molecule has 128 valence electrons. The minimum Gasteiger partial charge on any atom is -0.477 e. The van der Waals surface area contributed by atoms with Crippen LogP contribution in [-0.4, -0.2) is 29.1 Å². The van der Waals surface area contributed by atoms with Crippen LogP contribution in [-0.2, 0) is 6.42 Å². The number of aromatic nitrogens is 1. The van der Waals surface area contributed by atoms with Crippen molar-refractivity contribution in [3.63, 3.8) is 0 Å². The number of hydrogen-bond donors (Lipinski definition) is 3. The number of nitrogens with one attached hydrogen (secondary N) is 2. The molecular weight excluding hydrogens is 312 g/mol. The van der Waals surface area contributed by atoms with Gasteiger partial charge in [-0.3, -0.25) is 0 Å². The Morgan fingerprint density at radius 2 is 1.80 bits per heavy atom. The summed E-state index contributed by atoms with van der Waals surface area (Å²) >= 11 is 0. The van der Waals surface area contributed by atoms with Gasteiger partial charge < -0.3 is 15.4 Å². The molecule has 1 fully saturated rings. The van der Waals surface area contributed by atoms with Crippen LogP contribution in [0, 0.1) is 0 Å². The van der Waals surface area contributed by atoms with Crippen molar-refractivity contribution >= 4 is 16.9 Å². The normalized spacial score (nSPS) is 15.5. The van der Waals surface area contributed by atoms with Crippen molar-refractivity contribution in [2.24, 2.45) is 0 Å². The molecule has 0 saturated carbocycles. The molecule has 4 heteroatoms. The molecule has 0 radical (unpaired) electrons. The quantitative estimate of drug-likeness (QED) is 0.677. The Labute approximate surface area is 146 Å². The van der Waals surface area contributed by atoms with Gasteiger partial charge in [-0.15, -0.1) is 0 Å². The summed E-state index contributed by atoms with van der Waals surface area (Å²) in [5, 5.41) is 14.1. The summed E-state index contributed by atoms with van der Waals surface area (Å²) in [4.78, 5) is 15.1. The van der Waals surface area contributed by atoms with E-state index in [4.69, 9.17) is 0 Å². The molecule has 2 aromatic carbocycles. The number of benzene rings is 2. The van der Waals surface area contributed by atoms with Crippen LogP contribution in [0.25, 0.3) is 10.9 Å². The van der Waals surface area contributed by atoms with Gasteiger partial charge in [0.05, 0.1) is 0 Å². The predicted molar refractivity (Wildman–Crippen MR) is 99.4 cm³/mol. The summed E-state index contributed by atoms with van der Waals surface area (Å²) in [6.07, 6.45) is 2.81. The molecule has 1 aromatic heterocycles. The number of H-pyrrole nitrogens is 1. The van der Waals surface area contributed by atoms with Crippen molar-refractivity contribution in [3.8, 4) is 0 Å². The topological polar surface area (TPSA) is 65.1 Å². The summed E-state index contributed by atoms with van der Waals surface area (Å²) in [5.74, 6) is -0.409. The van der Waals surface area contributed by atoms with E-state index in [1.54, 1.807) is 0 Å². The van der Waals surface area contributed by atoms with E-state index in [9.17, 15) is 9.90 Å². The number of piperidine rings is 1. The second kappa shape index (κ2) is 6.73. The standard InChI is InChI=1S/C21H22N2O2/c24-21(25)20-18(13-14-5-2-1-3-6-14)17-8-4-7-16(19(17)23-20)15-9-11-22-12-10-15/h1-8,15,22-23H,9-13H2,(H,24,25). The lowest BCUT2D eigenvalue weighted by molar-refractivity contribution is 0.0690. The summed E-state index contributed by atoms with van der Waals surface area (Å²) < 4.78 is 0. The lowest BCUT2D eigenvalue weighted by Crippen LogP contribution is -2.26. The van der Waals surface area contributed by atoms with Crippen LogP contribution in [0.4, 0.5) is 0 Å². The second-order valence-corrected chi connectivity index (χ2v) is 6.74. The van der Waals surface area contributed by atoms with Crippen molar-refractivity contribution in [1.82, 2.24) is 10.3 Å². The van der Waals surface area contributed by atoms with E-state index in [2.05, 4.69) is 22.4 Å². The molecule has 0 aliphatic carbocycles. The molecule has 3 aromatic rings. The second-order valence-electron chi connectivity index (χ2n) is 6.74. The minimum absolute atomic E-state index is 0.320. The van der Waals surface area contributed by atoms with Crippen molar-refractivity contribution in [3.05, 3.63) is 70.9 Å². The van der Waals surface area contributed by atoms with Gasteiger partial charge in [0.1, 0.15) is 5.69 Å². The maximum absolute atomic E-state index is 11.8. The molecule has 2 heterocycles. The van der Waals surface area contributed by atoms with Gasteiger partial charge in [0, 0.05) is 17.3 Å². The first-order chi connectivity index (χ1) is 12.2. The van der Waals surface area contributed by atoms with E-state index < -0.39 is 5.97 Å². The number of carboxylic acid groups (broad SMARTS) is 1. The summed E-state index contributed by atoms with van der Waals surface area (Å²) in [6.45, 7) is 2.04. The molecule has 0 spiro atoms. The lowest BCUT2D eigenvalue weighted by atomic mass is 9.88. The van der Waals surface area contributed by atoms with Crippen LogP contribution in [0.3, 0.4) is 0 Å². The Kier molecular flexibility index (Phi) is 4.28. The van der Waals surface area contributed by atoms with Gasteiger partial charge in [-0.25, -0.2) is 4.79 Å². The highest BCUT2D eigenvalue weighted by atomic mass is 16.4. The first-order valence-electron chi connectivity index (χ1n) is 8.85. The average Bonchev–Trinajstić information content (AvgIpc) is 3.02. The van der Waals surface area contributed by atoms with Crippen LogP contribution in [0.15, 0.2) is 48.5 Å². The highest BCUT2D eigenvalue weighted by molar-refractivity contribution is 5.98. The van der Waals surface area contributed by atoms with E-state index in [0.29, 0.717) is 18.0 Å². The molecule has 1 aliphatic rings. The zero-order valence-electron chi connectivity index (χ0n) is 14.1. The average molecular weight is 334 g/mol. The maximum Gasteiger partial charge on any atom is 0.352 e. The highest BCUT2D eigenvalue weighted by Gasteiger charge is 2.23. The molecular formula is C21H22N2O2. The number of hydrogen-bond acceptors (Lipinski definition) is 2. The van der Waals surface area contributed by atoms with Gasteiger partial charge in [-0.05, 0) is 48.5 Å². The third-order valence-corrected chi connectivity index (χ3v) is 5.19. The van der Waals surface area contributed by atoms with E-state index in [-0.39, 0.29) is 0 Å². The van der Waals surface area contributed by atoms with Gasteiger partial charge in [0.15, 0.2) is 0 Å². The fourth-order valence-electron chi connectivity index (χ4n) is 3.94. The first kappa shape index (κ1) is 15.9. The molecule has 3 N–H and O–H groups in total. The van der Waals surface area contributed by atoms with Crippen molar-refractivity contribution in [2.75, 3.05) is 13.1 Å². The largest absolute Gasteiger partial charge is 0.477 e. The van der Waals surface area contributed by atoms with E-state index in [1.807, 2.05) is 36.4 Å². The molecule has 4 nitrogen and oxygen atoms in total. The fraction of sp³-hybridized carbons (Fsp3) is 0.286. The Balaban J connectivity index is 1.83. The van der Waals surface area contributed by atoms with Crippen molar-refractivity contribution in [1.29, 1.82) is 0 Å². The van der Waals surface area contributed by atoms with Crippen LogP contribution in [0.2, 0.25) is 0 Å². The van der Waals surface area contributed by atoms with Gasteiger partial charge in [-0.1, -0.05) is 48.5 Å². The van der Waals surface area contributed by atoms with Gasteiger partial charge in [-0.2, -0.15) is 0 Å². The number of aromatic carboxylic acids is 1. The van der Waals surface area contributed by atoms with Crippen LogP contribution < -0.4 is 5.32 Å². The molecule has 0 unspecified atom stereocenters. The fourth-order valence-corrected chi connectivity index (χ4v) is 3.94. The molecule has 0 atom stereocenters. The number of aromatic amines is 1. The molecule has 25 heavy (non-hydrogen) atoms. The molecule has 1 saturated heterocycles. The lowest BCUT2D eigenvalue weighted by Gasteiger charge is -2.23. The molecule has 1 aliphatic heterocycles. The van der Waals surface area contributed by atoms with Gasteiger partial charge >= 0.3 is 5.97 Å². The molecule has 0 amide bonds. The summed E-state index contributed by atoms with van der Waals surface area (Å²) in [7, 11) is 0. The molecule has 0 bridgehead atoms. The van der Waals surface area contributed by atoms with Crippen LogP contribution in [0.1, 0.15) is 45.9 Å². The van der Waals surface area contributed by atoms with Crippen molar-refractivity contribution in [2.45, 2.75) is 25.2 Å². The predicted octanol–water partition coefficient (Wildman–Crippen LogP) is 3.92. The van der Waals surface area contributed by atoms with Gasteiger partial charge in [0.25, 0.3) is 0 Å². The monoisotopic (exact) mass is 334 g/mol. The maximum atomic E-state index is 11.8. The van der Waals surface area contributed by atoms with E-state index in [1.165, 1.54) is 5.56 Å². The third kappa shape index (κ3) is 3.05. The smallest absolute Gasteiger partial charge is 0.352 e. The summed E-state index contributed by atoms with van der Waals surface area (Å²) in [5.41, 5.74) is 4.57. The zero-order chi connectivity index (χ0) is 17.2. The number of fused-ring (bicyclic) bond motifs is 1. The number of carboxylic acids is 1. The SMILES string of the molecule is O=C(O)c1[nH]c2c(C3CCNCC3)cccc2c1Cc1ccccc1. The van der Waals surface area contributed by atoms with Crippen molar-refractivity contribution < 1.29 is 9.90 Å².